The first-order valence-electron chi connectivity index (χ1n) is 5.81. The summed E-state index contributed by atoms with van der Waals surface area (Å²) in [6.45, 7) is 3.68. The molecule has 0 atom stereocenters. The van der Waals surface area contributed by atoms with Crippen LogP contribution in [0.15, 0.2) is 18.2 Å². The molecule has 0 aliphatic rings. The van der Waals surface area contributed by atoms with Gasteiger partial charge in [0.05, 0.1) is 16.8 Å². The zero-order chi connectivity index (χ0) is 14.9. The van der Waals surface area contributed by atoms with E-state index in [4.69, 9.17) is 11.0 Å². The Labute approximate surface area is 119 Å². The number of rotatable bonds is 2. The minimum Gasteiger partial charge on any atom is -0.396 e. The van der Waals surface area contributed by atoms with Gasteiger partial charge >= 0.3 is 0 Å². The van der Waals surface area contributed by atoms with Crippen LogP contribution in [-0.4, -0.2) is 5.91 Å². The monoisotopic (exact) mass is 289 g/mol. The molecule has 3 N–H and O–H groups in total. The highest BCUT2D eigenvalue weighted by molar-refractivity contribution is 7.16. The summed E-state index contributed by atoms with van der Waals surface area (Å²) in [7, 11) is 0. The Morgan fingerprint density at radius 1 is 1.45 bits per heavy atom. The van der Waals surface area contributed by atoms with Gasteiger partial charge in [-0.1, -0.05) is 6.07 Å². The van der Waals surface area contributed by atoms with Crippen molar-refractivity contribution in [3.8, 4) is 6.07 Å². The van der Waals surface area contributed by atoms with E-state index in [2.05, 4.69) is 11.4 Å². The van der Waals surface area contributed by atoms with Crippen LogP contribution < -0.4 is 11.1 Å². The molecule has 1 heterocycles. The van der Waals surface area contributed by atoms with Crippen LogP contribution in [0, 0.1) is 31.0 Å². The molecular formula is C14H12FN3OS. The van der Waals surface area contributed by atoms with Crippen molar-refractivity contribution in [3.05, 3.63) is 45.6 Å². The van der Waals surface area contributed by atoms with Gasteiger partial charge in [0, 0.05) is 4.88 Å². The van der Waals surface area contributed by atoms with Gasteiger partial charge in [0.25, 0.3) is 5.91 Å². The number of thiophene rings is 1. The number of para-hydroxylation sites is 1. The Morgan fingerprint density at radius 2 is 2.15 bits per heavy atom. The molecule has 0 saturated heterocycles. The number of benzene rings is 1. The molecule has 20 heavy (non-hydrogen) atoms. The summed E-state index contributed by atoms with van der Waals surface area (Å²) in [5.74, 6) is -1.17. The lowest BCUT2D eigenvalue weighted by Crippen LogP contribution is -2.14. The molecule has 1 amide bonds. The van der Waals surface area contributed by atoms with Crippen LogP contribution in [0.5, 0.6) is 0 Å². The van der Waals surface area contributed by atoms with Crippen molar-refractivity contribution in [3.63, 3.8) is 0 Å². The first kappa shape index (κ1) is 14.0. The number of nitrogen functional groups attached to an aromatic ring is 1. The Morgan fingerprint density at radius 3 is 2.80 bits per heavy atom. The minimum atomic E-state index is -0.642. The molecule has 6 heteroatoms. The molecule has 0 aliphatic carbocycles. The highest BCUT2D eigenvalue weighted by atomic mass is 32.1. The molecule has 1 aromatic heterocycles. The van der Waals surface area contributed by atoms with E-state index in [0.29, 0.717) is 10.6 Å². The third-order valence-corrected chi connectivity index (χ3v) is 4.14. The van der Waals surface area contributed by atoms with Crippen molar-refractivity contribution >= 4 is 27.9 Å². The molecular weight excluding hydrogens is 277 g/mol. The lowest BCUT2D eigenvalue weighted by Gasteiger charge is -2.06. The van der Waals surface area contributed by atoms with E-state index < -0.39 is 11.7 Å². The second kappa shape index (κ2) is 5.31. The second-order valence-electron chi connectivity index (χ2n) is 4.25. The van der Waals surface area contributed by atoms with Crippen LogP contribution >= 0.6 is 11.3 Å². The second-order valence-corrected chi connectivity index (χ2v) is 5.48. The molecule has 1 aromatic carbocycles. The van der Waals surface area contributed by atoms with Crippen LogP contribution in [0.1, 0.15) is 26.4 Å². The number of nitrogens with zero attached hydrogens (tertiary/aromatic N) is 1. The van der Waals surface area contributed by atoms with Crippen molar-refractivity contribution < 1.29 is 9.18 Å². The molecule has 0 spiro atoms. The van der Waals surface area contributed by atoms with Gasteiger partial charge in [-0.2, -0.15) is 5.26 Å². The number of aryl methyl sites for hydroxylation is 1. The van der Waals surface area contributed by atoms with E-state index in [1.54, 1.807) is 0 Å². The van der Waals surface area contributed by atoms with Crippen LogP contribution in [-0.2, 0) is 0 Å². The van der Waals surface area contributed by atoms with E-state index in [1.807, 2.05) is 13.8 Å². The highest BCUT2D eigenvalue weighted by Crippen LogP contribution is 2.32. The Bertz CT molecular complexity index is 731. The van der Waals surface area contributed by atoms with Gasteiger partial charge in [-0.3, -0.25) is 4.79 Å². The number of nitrogens with one attached hydrogen (secondary N) is 1. The van der Waals surface area contributed by atoms with Crippen molar-refractivity contribution in [1.29, 1.82) is 5.26 Å². The molecule has 0 radical (unpaired) electrons. The number of carbonyl (C=O) groups excluding carboxylic acids is 1. The lowest BCUT2D eigenvalue weighted by molar-refractivity contribution is 0.102. The van der Waals surface area contributed by atoms with E-state index in [1.165, 1.54) is 29.5 Å². The fraction of sp³-hybridized carbons (Fsp3) is 0.143. The summed E-state index contributed by atoms with van der Waals surface area (Å²) in [5, 5.41) is 12.2. The first-order valence-corrected chi connectivity index (χ1v) is 6.62. The normalized spacial score (nSPS) is 10.1. The third kappa shape index (κ3) is 2.36. The standard InChI is InChI=1S/C14H12FN3OS/c1-7-8(2)20-14(10(7)6-16)18-13(19)9-4-3-5-11(15)12(9)17/h3-5H,17H2,1-2H3,(H,18,19). The number of hydrogen-bond donors (Lipinski definition) is 2. The smallest absolute Gasteiger partial charge is 0.258 e. The first-order chi connectivity index (χ1) is 9.45. The maximum absolute atomic E-state index is 13.3. The molecule has 2 aromatic rings. The SMILES string of the molecule is Cc1sc(NC(=O)c2cccc(F)c2N)c(C#N)c1C. The molecule has 4 nitrogen and oxygen atoms in total. The largest absolute Gasteiger partial charge is 0.396 e. The van der Waals surface area contributed by atoms with Crippen molar-refractivity contribution in [1.82, 2.24) is 0 Å². The predicted molar refractivity (Wildman–Crippen MR) is 77.3 cm³/mol. The fourth-order valence-electron chi connectivity index (χ4n) is 1.76. The summed E-state index contributed by atoms with van der Waals surface area (Å²) >= 11 is 1.31. The molecule has 2 rings (SSSR count). The van der Waals surface area contributed by atoms with Crippen molar-refractivity contribution in [2.75, 3.05) is 11.1 Å². The van der Waals surface area contributed by atoms with Gasteiger partial charge in [-0.25, -0.2) is 4.39 Å². The molecule has 0 bridgehead atoms. The molecule has 0 unspecified atom stereocenters. The van der Waals surface area contributed by atoms with E-state index >= 15 is 0 Å². The zero-order valence-corrected chi connectivity index (χ0v) is 11.8. The number of carbonyl (C=O) groups is 1. The summed E-state index contributed by atoms with van der Waals surface area (Å²) in [6, 6.07) is 6.10. The predicted octanol–water partition coefficient (Wildman–Crippen LogP) is 3.21. The fourth-order valence-corrected chi connectivity index (χ4v) is 2.76. The van der Waals surface area contributed by atoms with Crippen LogP contribution in [0.3, 0.4) is 0 Å². The summed E-state index contributed by atoms with van der Waals surface area (Å²) < 4.78 is 13.3. The van der Waals surface area contributed by atoms with Gasteiger partial charge in [0.2, 0.25) is 0 Å². The summed E-state index contributed by atoms with van der Waals surface area (Å²) in [6.07, 6.45) is 0. The van der Waals surface area contributed by atoms with Gasteiger partial charge in [-0.15, -0.1) is 11.3 Å². The summed E-state index contributed by atoms with van der Waals surface area (Å²) in [5.41, 5.74) is 6.66. The Kier molecular flexibility index (Phi) is 3.72. The average molecular weight is 289 g/mol. The van der Waals surface area contributed by atoms with Crippen LogP contribution in [0.2, 0.25) is 0 Å². The Balaban J connectivity index is 2.36. The van der Waals surface area contributed by atoms with Crippen molar-refractivity contribution in [2.45, 2.75) is 13.8 Å². The van der Waals surface area contributed by atoms with Gasteiger partial charge in [0.15, 0.2) is 0 Å². The van der Waals surface area contributed by atoms with E-state index in [-0.39, 0.29) is 11.3 Å². The van der Waals surface area contributed by atoms with E-state index in [0.717, 1.165) is 10.4 Å². The highest BCUT2D eigenvalue weighted by Gasteiger charge is 2.17. The molecule has 102 valence electrons. The summed E-state index contributed by atoms with van der Waals surface area (Å²) in [4.78, 5) is 13.1. The maximum Gasteiger partial charge on any atom is 0.258 e. The quantitative estimate of drug-likeness (QED) is 0.833. The van der Waals surface area contributed by atoms with Gasteiger partial charge < -0.3 is 11.1 Å². The maximum atomic E-state index is 13.3. The topological polar surface area (TPSA) is 78.9 Å². The average Bonchev–Trinajstić information content (AvgIpc) is 2.67. The zero-order valence-electron chi connectivity index (χ0n) is 11.0. The molecule has 0 fully saturated rings. The number of amides is 1. The van der Waals surface area contributed by atoms with Crippen molar-refractivity contribution in [2.24, 2.45) is 0 Å². The molecule has 0 aliphatic heterocycles. The number of nitriles is 1. The van der Waals surface area contributed by atoms with Crippen LogP contribution in [0.25, 0.3) is 0 Å². The number of nitrogens with two attached hydrogens (primary N) is 1. The van der Waals surface area contributed by atoms with Gasteiger partial charge in [0.1, 0.15) is 16.9 Å². The molecule has 0 saturated carbocycles. The minimum absolute atomic E-state index is 0.0533. The third-order valence-electron chi connectivity index (χ3n) is 3.02. The lowest BCUT2D eigenvalue weighted by atomic mass is 10.1. The Hall–Kier alpha value is -2.39. The van der Waals surface area contributed by atoms with Crippen LogP contribution in [0.4, 0.5) is 15.1 Å². The number of hydrogen-bond acceptors (Lipinski definition) is 4. The van der Waals surface area contributed by atoms with E-state index in [9.17, 15) is 9.18 Å². The number of halogens is 1. The van der Waals surface area contributed by atoms with Gasteiger partial charge in [-0.05, 0) is 31.5 Å². The number of anilines is 2.